The van der Waals surface area contributed by atoms with Gasteiger partial charge in [-0.2, -0.15) is 0 Å². The van der Waals surface area contributed by atoms with Crippen molar-refractivity contribution in [2.45, 2.75) is 26.3 Å². The van der Waals surface area contributed by atoms with Crippen LogP contribution in [0.25, 0.3) is 0 Å². The third-order valence-electron chi connectivity index (χ3n) is 2.26. The van der Waals surface area contributed by atoms with Crippen LogP contribution < -0.4 is 5.32 Å². The van der Waals surface area contributed by atoms with E-state index < -0.39 is 17.9 Å². The van der Waals surface area contributed by atoms with Gasteiger partial charge in [-0.15, -0.1) is 0 Å². The number of aliphatic carboxylic acids is 1. The average Bonchev–Trinajstić information content (AvgIpc) is 2.27. The number of hydrogen-bond acceptors (Lipinski definition) is 3. The van der Waals surface area contributed by atoms with Crippen LogP contribution in [-0.2, 0) is 4.79 Å². The van der Waals surface area contributed by atoms with E-state index in [2.05, 4.69) is 26.2 Å². The maximum absolute atomic E-state index is 11.8. The van der Waals surface area contributed by atoms with E-state index in [1.54, 1.807) is 12.1 Å². The van der Waals surface area contributed by atoms with Crippen LogP contribution in [0.4, 0.5) is 0 Å². The quantitative estimate of drug-likeness (QED) is 0.815. The number of hydrogen-bond donors (Lipinski definition) is 2. The smallest absolute Gasteiger partial charge is 0.326 e. The van der Waals surface area contributed by atoms with Crippen molar-refractivity contribution in [3.63, 3.8) is 0 Å². The normalized spacial score (nSPS) is 12.2. The third kappa shape index (κ3) is 4.44. The number of carbonyl (C=O) groups is 2. The maximum Gasteiger partial charge on any atom is 0.326 e. The van der Waals surface area contributed by atoms with Gasteiger partial charge >= 0.3 is 5.97 Å². The molecule has 18 heavy (non-hydrogen) atoms. The Hall–Kier alpha value is -1.43. The largest absolute Gasteiger partial charge is 0.480 e. The summed E-state index contributed by atoms with van der Waals surface area (Å²) < 4.78 is 0.533. The number of carbonyl (C=O) groups excluding carboxylic acids is 1. The fourth-order valence-electron chi connectivity index (χ4n) is 1.46. The minimum Gasteiger partial charge on any atom is -0.480 e. The van der Waals surface area contributed by atoms with Gasteiger partial charge in [0.15, 0.2) is 0 Å². The van der Waals surface area contributed by atoms with Crippen LogP contribution in [0, 0.1) is 5.92 Å². The molecule has 1 heterocycles. The van der Waals surface area contributed by atoms with Crippen LogP contribution in [0.15, 0.2) is 22.8 Å². The monoisotopic (exact) mass is 314 g/mol. The standard InChI is InChI=1S/C12H15BrN2O3/c1-7(2)6-9(12(17)18)15-11(16)8-4-3-5-10(13)14-8/h3-5,7,9H,6H2,1-2H3,(H,15,16)(H,17,18)/t9-/m1/s1. The minimum absolute atomic E-state index is 0.182. The van der Waals surface area contributed by atoms with Gasteiger partial charge in [-0.1, -0.05) is 19.9 Å². The van der Waals surface area contributed by atoms with Crippen molar-refractivity contribution in [3.05, 3.63) is 28.5 Å². The molecule has 0 spiro atoms. The second kappa shape index (κ2) is 6.49. The fraction of sp³-hybridized carbons (Fsp3) is 0.417. The first-order chi connectivity index (χ1) is 8.40. The van der Waals surface area contributed by atoms with Gasteiger partial charge in [-0.25, -0.2) is 9.78 Å². The zero-order chi connectivity index (χ0) is 13.7. The number of carboxylic acids is 1. The predicted octanol–water partition coefficient (Wildman–Crippen LogP) is 2.07. The van der Waals surface area contributed by atoms with Gasteiger partial charge < -0.3 is 10.4 Å². The number of aromatic nitrogens is 1. The molecular formula is C12H15BrN2O3. The average molecular weight is 315 g/mol. The zero-order valence-electron chi connectivity index (χ0n) is 10.2. The molecule has 0 aliphatic carbocycles. The third-order valence-corrected chi connectivity index (χ3v) is 2.70. The summed E-state index contributed by atoms with van der Waals surface area (Å²) in [4.78, 5) is 26.8. The van der Waals surface area contributed by atoms with Crippen molar-refractivity contribution < 1.29 is 14.7 Å². The van der Waals surface area contributed by atoms with Gasteiger partial charge in [0.2, 0.25) is 0 Å². The second-order valence-electron chi connectivity index (χ2n) is 4.34. The van der Waals surface area contributed by atoms with Crippen LogP contribution in [0.2, 0.25) is 0 Å². The molecule has 6 heteroatoms. The van der Waals surface area contributed by atoms with Gasteiger partial charge in [0.1, 0.15) is 16.3 Å². The number of amides is 1. The summed E-state index contributed by atoms with van der Waals surface area (Å²) in [5.74, 6) is -1.33. The maximum atomic E-state index is 11.8. The number of carboxylic acid groups (broad SMARTS) is 1. The SMILES string of the molecule is CC(C)C[C@@H](NC(=O)c1cccc(Br)n1)C(=O)O. The van der Waals surface area contributed by atoms with E-state index in [0.717, 1.165) is 0 Å². The van der Waals surface area contributed by atoms with Crippen LogP contribution in [0.1, 0.15) is 30.8 Å². The molecule has 1 amide bonds. The molecule has 1 aromatic rings. The first-order valence-electron chi connectivity index (χ1n) is 5.56. The van der Waals surface area contributed by atoms with Crippen molar-refractivity contribution in [1.82, 2.24) is 10.3 Å². The van der Waals surface area contributed by atoms with Gasteiger partial charge in [0.25, 0.3) is 5.91 Å². The number of pyridine rings is 1. The summed E-state index contributed by atoms with van der Waals surface area (Å²) in [6, 6.07) is 4.01. The topological polar surface area (TPSA) is 79.3 Å². The molecule has 1 rings (SSSR count). The molecule has 1 atom stereocenters. The van der Waals surface area contributed by atoms with Gasteiger partial charge in [0.05, 0.1) is 0 Å². The Labute approximate surface area is 114 Å². The molecule has 0 unspecified atom stereocenters. The fourth-order valence-corrected chi connectivity index (χ4v) is 1.80. The van der Waals surface area contributed by atoms with E-state index in [-0.39, 0.29) is 11.6 Å². The first kappa shape index (κ1) is 14.6. The summed E-state index contributed by atoms with van der Waals surface area (Å²) in [5.41, 5.74) is 0.194. The minimum atomic E-state index is -1.04. The number of nitrogens with one attached hydrogen (secondary N) is 1. The van der Waals surface area contributed by atoms with Crippen LogP contribution in [0.5, 0.6) is 0 Å². The lowest BCUT2D eigenvalue weighted by atomic mass is 10.0. The van der Waals surface area contributed by atoms with Crippen molar-refractivity contribution in [3.8, 4) is 0 Å². The van der Waals surface area contributed by atoms with E-state index >= 15 is 0 Å². The Morgan fingerprint density at radius 2 is 2.11 bits per heavy atom. The molecule has 2 N–H and O–H groups in total. The van der Waals surface area contributed by atoms with Crippen LogP contribution >= 0.6 is 15.9 Å². The Morgan fingerprint density at radius 3 is 2.61 bits per heavy atom. The highest BCUT2D eigenvalue weighted by atomic mass is 79.9. The van der Waals surface area contributed by atoms with Gasteiger partial charge in [-0.3, -0.25) is 4.79 Å². The first-order valence-corrected chi connectivity index (χ1v) is 6.35. The lowest BCUT2D eigenvalue weighted by Crippen LogP contribution is -2.41. The molecular weight excluding hydrogens is 300 g/mol. The Morgan fingerprint density at radius 1 is 1.44 bits per heavy atom. The van der Waals surface area contributed by atoms with E-state index in [9.17, 15) is 9.59 Å². The van der Waals surface area contributed by atoms with E-state index in [1.165, 1.54) is 6.07 Å². The highest BCUT2D eigenvalue weighted by Crippen LogP contribution is 2.08. The predicted molar refractivity (Wildman–Crippen MR) is 70.3 cm³/mol. The molecule has 0 radical (unpaired) electrons. The lowest BCUT2D eigenvalue weighted by Gasteiger charge is -2.16. The molecule has 0 bridgehead atoms. The molecule has 0 saturated heterocycles. The number of nitrogens with zero attached hydrogens (tertiary/aromatic N) is 1. The second-order valence-corrected chi connectivity index (χ2v) is 5.15. The van der Waals surface area contributed by atoms with Crippen molar-refractivity contribution in [2.24, 2.45) is 5.92 Å². The molecule has 0 fully saturated rings. The molecule has 0 aromatic carbocycles. The molecule has 98 valence electrons. The Kier molecular flexibility index (Phi) is 5.27. The summed E-state index contributed by atoms with van der Waals surface area (Å²) in [5, 5.41) is 11.5. The summed E-state index contributed by atoms with van der Waals surface area (Å²) in [6.45, 7) is 3.80. The summed E-state index contributed by atoms with van der Waals surface area (Å²) >= 11 is 3.16. The molecule has 1 aromatic heterocycles. The zero-order valence-corrected chi connectivity index (χ0v) is 11.8. The molecule has 0 aliphatic rings. The highest BCUT2D eigenvalue weighted by Gasteiger charge is 2.22. The molecule has 0 saturated carbocycles. The van der Waals surface area contributed by atoms with E-state index in [4.69, 9.17) is 5.11 Å². The van der Waals surface area contributed by atoms with Gasteiger partial charge in [0, 0.05) is 0 Å². The molecule has 5 nitrogen and oxygen atoms in total. The highest BCUT2D eigenvalue weighted by molar-refractivity contribution is 9.10. The summed E-state index contributed by atoms with van der Waals surface area (Å²) in [7, 11) is 0. The van der Waals surface area contributed by atoms with Crippen molar-refractivity contribution in [1.29, 1.82) is 0 Å². The van der Waals surface area contributed by atoms with E-state index in [0.29, 0.717) is 11.0 Å². The van der Waals surface area contributed by atoms with Crippen LogP contribution in [-0.4, -0.2) is 28.0 Å². The molecule has 0 aliphatic heterocycles. The Balaban J connectivity index is 2.75. The van der Waals surface area contributed by atoms with Crippen LogP contribution in [0.3, 0.4) is 0 Å². The van der Waals surface area contributed by atoms with Crippen molar-refractivity contribution in [2.75, 3.05) is 0 Å². The Bertz CT molecular complexity index is 449. The number of rotatable bonds is 5. The number of halogens is 1. The van der Waals surface area contributed by atoms with Crippen molar-refractivity contribution >= 4 is 27.8 Å². The van der Waals surface area contributed by atoms with E-state index in [1.807, 2.05) is 13.8 Å². The summed E-state index contributed by atoms with van der Waals surface area (Å²) in [6.07, 6.45) is 0.384. The lowest BCUT2D eigenvalue weighted by molar-refractivity contribution is -0.139. The van der Waals surface area contributed by atoms with Gasteiger partial charge in [-0.05, 0) is 40.4 Å².